The predicted molar refractivity (Wildman–Crippen MR) is 95.7 cm³/mol. The lowest BCUT2D eigenvalue weighted by Crippen LogP contribution is -2.27. The third kappa shape index (κ3) is 3.05. The van der Waals surface area contributed by atoms with Gasteiger partial charge in [-0.1, -0.05) is 0 Å². The van der Waals surface area contributed by atoms with E-state index < -0.39 is 29.0 Å². The van der Waals surface area contributed by atoms with E-state index in [2.05, 4.69) is 10.3 Å². The number of pyridine rings is 2. The number of halogens is 2. The van der Waals surface area contributed by atoms with E-state index in [1.54, 1.807) is 16.5 Å². The minimum atomic E-state index is -1.35. The minimum Gasteiger partial charge on any atom is -0.477 e. The van der Waals surface area contributed by atoms with Gasteiger partial charge in [-0.25, -0.2) is 18.6 Å². The molecule has 4 rings (SSSR count). The van der Waals surface area contributed by atoms with Crippen LogP contribution in [-0.2, 0) is 0 Å². The maximum Gasteiger partial charge on any atom is 0.341 e. The Morgan fingerprint density at radius 2 is 2.15 bits per heavy atom. The molecule has 2 atom stereocenters. The Morgan fingerprint density at radius 3 is 2.78 bits per heavy atom. The first kappa shape index (κ1) is 17.8. The maximum absolute atomic E-state index is 14.7. The van der Waals surface area contributed by atoms with Crippen molar-refractivity contribution in [2.24, 2.45) is 5.92 Å². The number of alkyl halides is 1. The zero-order valence-electron chi connectivity index (χ0n) is 14.8. The van der Waals surface area contributed by atoms with Gasteiger partial charge in [0.2, 0.25) is 5.43 Å². The van der Waals surface area contributed by atoms with Gasteiger partial charge in [-0.15, -0.1) is 0 Å². The van der Waals surface area contributed by atoms with Crippen LogP contribution in [-0.4, -0.2) is 53.5 Å². The number of carboxylic acid groups (broad SMARTS) is 1. The molecule has 2 aromatic heterocycles. The van der Waals surface area contributed by atoms with Crippen LogP contribution >= 0.6 is 0 Å². The molecule has 2 unspecified atom stereocenters. The van der Waals surface area contributed by atoms with Crippen molar-refractivity contribution in [3.8, 4) is 0 Å². The fraction of sp³-hybridized carbons (Fsp3) is 0.500. The van der Waals surface area contributed by atoms with Crippen LogP contribution in [0.2, 0.25) is 0 Å². The lowest BCUT2D eigenvalue weighted by Gasteiger charge is -2.19. The fourth-order valence-corrected chi connectivity index (χ4v) is 3.70. The van der Waals surface area contributed by atoms with Gasteiger partial charge in [-0.2, -0.15) is 0 Å². The van der Waals surface area contributed by atoms with E-state index in [1.807, 2.05) is 0 Å². The van der Waals surface area contributed by atoms with Gasteiger partial charge in [0.05, 0.1) is 11.9 Å². The summed E-state index contributed by atoms with van der Waals surface area (Å²) in [7, 11) is 1.73. The standard InChI is InChI=1S/C18H20F2N4O3/c1-21-5-9-6-23(8-14(9)20)17-13(19)4-11-15(25)12(18(26)27)7-24(10-2-3-10)16(11)22-17/h4,7,9-10,14,21H,2-3,5-6,8H2,1H3,(H,26,27). The van der Waals surface area contributed by atoms with Gasteiger partial charge >= 0.3 is 5.97 Å². The van der Waals surface area contributed by atoms with Gasteiger partial charge in [0.25, 0.3) is 0 Å². The number of nitrogens with one attached hydrogen (secondary N) is 1. The maximum atomic E-state index is 14.7. The number of carbonyl (C=O) groups is 1. The molecular formula is C18H20F2N4O3. The molecule has 3 heterocycles. The zero-order valence-corrected chi connectivity index (χ0v) is 14.8. The number of carboxylic acids is 1. The zero-order chi connectivity index (χ0) is 19.3. The first-order valence-corrected chi connectivity index (χ1v) is 8.93. The summed E-state index contributed by atoms with van der Waals surface area (Å²) < 4.78 is 30.6. The van der Waals surface area contributed by atoms with Crippen LogP contribution in [0.3, 0.4) is 0 Å². The molecule has 1 saturated heterocycles. The van der Waals surface area contributed by atoms with Gasteiger partial charge in [-0.3, -0.25) is 4.79 Å². The fourth-order valence-electron chi connectivity index (χ4n) is 3.70. The van der Waals surface area contributed by atoms with Crippen molar-refractivity contribution >= 4 is 22.8 Å². The smallest absolute Gasteiger partial charge is 0.341 e. The van der Waals surface area contributed by atoms with Crippen LogP contribution < -0.4 is 15.6 Å². The number of fused-ring (bicyclic) bond motifs is 1. The molecule has 2 aromatic rings. The van der Waals surface area contributed by atoms with Crippen molar-refractivity contribution in [1.29, 1.82) is 0 Å². The molecule has 0 spiro atoms. The van der Waals surface area contributed by atoms with Crippen molar-refractivity contribution in [2.75, 3.05) is 31.6 Å². The van der Waals surface area contributed by atoms with Crippen LogP contribution in [0.15, 0.2) is 17.1 Å². The summed E-state index contributed by atoms with van der Waals surface area (Å²) in [6.45, 7) is 0.822. The van der Waals surface area contributed by atoms with Gasteiger partial charge in [0, 0.05) is 31.2 Å². The molecule has 1 saturated carbocycles. The van der Waals surface area contributed by atoms with Gasteiger partial charge in [0.1, 0.15) is 17.4 Å². The van der Waals surface area contributed by atoms with Crippen molar-refractivity contribution in [2.45, 2.75) is 25.1 Å². The van der Waals surface area contributed by atoms with Crippen LogP contribution in [0.5, 0.6) is 0 Å². The highest BCUT2D eigenvalue weighted by atomic mass is 19.1. The summed E-state index contributed by atoms with van der Waals surface area (Å²) >= 11 is 0. The normalized spacial score (nSPS) is 22.6. The van der Waals surface area contributed by atoms with Gasteiger partial charge < -0.3 is 19.9 Å². The van der Waals surface area contributed by atoms with Crippen molar-refractivity contribution in [3.63, 3.8) is 0 Å². The molecule has 7 nitrogen and oxygen atoms in total. The second-order valence-corrected chi connectivity index (χ2v) is 7.22. The Hall–Kier alpha value is -2.55. The molecule has 0 radical (unpaired) electrons. The van der Waals surface area contributed by atoms with Crippen LogP contribution in [0, 0.1) is 11.7 Å². The van der Waals surface area contributed by atoms with Crippen LogP contribution in [0.25, 0.3) is 11.0 Å². The summed E-state index contributed by atoms with van der Waals surface area (Å²) in [5.41, 5.74) is -0.913. The van der Waals surface area contributed by atoms with Gasteiger partial charge in [0.15, 0.2) is 11.6 Å². The quantitative estimate of drug-likeness (QED) is 0.821. The molecule has 1 aliphatic heterocycles. The number of aromatic nitrogens is 2. The summed E-state index contributed by atoms with van der Waals surface area (Å²) in [6, 6.07) is 1.07. The van der Waals surface area contributed by atoms with Gasteiger partial charge in [-0.05, 0) is 26.0 Å². The number of aromatic carboxylic acids is 1. The summed E-state index contributed by atoms with van der Waals surface area (Å²) in [6.07, 6.45) is 1.86. The molecular weight excluding hydrogens is 358 g/mol. The average Bonchev–Trinajstić information content (AvgIpc) is 3.39. The van der Waals surface area contributed by atoms with E-state index in [0.717, 1.165) is 18.9 Å². The highest BCUT2D eigenvalue weighted by Gasteiger charge is 2.35. The molecule has 144 valence electrons. The van der Waals surface area contributed by atoms with Crippen molar-refractivity contribution in [1.82, 2.24) is 14.9 Å². The van der Waals surface area contributed by atoms with Crippen molar-refractivity contribution < 1.29 is 18.7 Å². The molecule has 27 heavy (non-hydrogen) atoms. The lowest BCUT2D eigenvalue weighted by molar-refractivity contribution is 0.0695. The molecule has 9 heteroatoms. The Balaban J connectivity index is 1.84. The molecule has 2 N–H and O–H groups in total. The summed E-state index contributed by atoms with van der Waals surface area (Å²) in [5, 5.41) is 12.1. The third-order valence-electron chi connectivity index (χ3n) is 5.24. The summed E-state index contributed by atoms with van der Waals surface area (Å²) in [5.74, 6) is -2.37. The largest absolute Gasteiger partial charge is 0.477 e. The highest BCUT2D eigenvalue weighted by molar-refractivity contribution is 5.92. The monoisotopic (exact) mass is 378 g/mol. The van der Waals surface area contributed by atoms with E-state index in [1.165, 1.54) is 6.20 Å². The molecule has 0 amide bonds. The molecule has 0 bridgehead atoms. The number of rotatable bonds is 5. The van der Waals surface area contributed by atoms with E-state index >= 15 is 0 Å². The Morgan fingerprint density at radius 1 is 1.41 bits per heavy atom. The Bertz CT molecular complexity index is 973. The van der Waals surface area contributed by atoms with E-state index in [4.69, 9.17) is 0 Å². The Kier molecular flexibility index (Phi) is 4.33. The van der Waals surface area contributed by atoms with E-state index in [9.17, 15) is 23.5 Å². The third-order valence-corrected chi connectivity index (χ3v) is 5.24. The molecule has 2 fully saturated rings. The first-order valence-electron chi connectivity index (χ1n) is 8.93. The van der Waals surface area contributed by atoms with Crippen LogP contribution in [0.1, 0.15) is 29.2 Å². The number of nitrogens with zero attached hydrogens (tertiary/aromatic N) is 3. The second kappa shape index (κ2) is 6.56. The number of hydrogen-bond acceptors (Lipinski definition) is 5. The molecule has 2 aliphatic rings. The Labute approximate surface area is 153 Å². The number of hydrogen-bond donors (Lipinski definition) is 2. The second-order valence-electron chi connectivity index (χ2n) is 7.22. The number of anilines is 1. The summed E-state index contributed by atoms with van der Waals surface area (Å²) in [4.78, 5) is 29.7. The van der Waals surface area contributed by atoms with E-state index in [-0.39, 0.29) is 35.4 Å². The SMILES string of the molecule is CNCC1CN(c2nc3c(cc2F)c(=O)c(C(=O)O)cn3C2CC2)CC1F. The van der Waals surface area contributed by atoms with Crippen molar-refractivity contribution in [3.05, 3.63) is 33.9 Å². The average molecular weight is 378 g/mol. The minimum absolute atomic E-state index is 0.000582. The highest BCUT2D eigenvalue weighted by Crippen LogP contribution is 2.37. The topological polar surface area (TPSA) is 87.5 Å². The van der Waals surface area contributed by atoms with E-state index in [0.29, 0.717) is 13.1 Å². The molecule has 1 aliphatic carbocycles. The lowest BCUT2D eigenvalue weighted by atomic mass is 10.1. The predicted octanol–water partition coefficient (Wildman–Crippen LogP) is 1.56. The first-order chi connectivity index (χ1) is 12.9. The molecule has 0 aromatic carbocycles. The van der Waals surface area contributed by atoms with Crippen LogP contribution in [0.4, 0.5) is 14.6 Å².